The summed E-state index contributed by atoms with van der Waals surface area (Å²) < 4.78 is 54.0. The first-order valence-electron chi connectivity index (χ1n) is 10.6. The third kappa shape index (κ3) is 4.45. The van der Waals surface area contributed by atoms with Gasteiger partial charge in [-0.25, -0.2) is 18.4 Å². The molecule has 3 heterocycles. The SMILES string of the molecule is C=S1(=O)CCC(Cn2c(C(C)(C)C)nc3cc(S(=O)(=O)c4ccnc(F)c4)ccc32)CC1. The van der Waals surface area contributed by atoms with Gasteiger partial charge in [-0.15, -0.1) is 0 Å². The molecule has 0 bridgehead atoms. The zero-order chi connectivity index (χ0) is 23.3. The minimum absolute atomic E-state index is 0.0650. The van der Waals surface area contributed by atoms with Crippen molar-refractivity contribution in [2.24, 2.45) is 5.92 Å². The molecule has 0 unspecified atom stereocenters. The highest BCUT2D eigenvalue weighted by Gasteiger charge is 2.28. The highest BCUT2D eigenvalue weighted by atomic mass is 32.2. The second kappa shape index (κ2) is 7.95. The van der Waals surface area contributed by atoms with Crippen molar-refractivity contribution in [3.05, 3.63) is 48.3 Å². The average molecular weight is 478 g/mol. The minimum Gasteiger partial charge on any atom is -0.327 e. The maximum Gasteiger partial charge on any atom is 0.214 e. The van der Waals surface area contributed by atoms with Crippen LogP contribution in [0.4, 0.5) is 4.39 Å². The molecule has 2 aromatic heterocycles. The molecular formula is C23H28FN3O3S2. The Balaban J connectivity index is 1.76. The second-order valence-corrected chi connectivity index (χ2v) is 14.3. The molecule has 4 rings (SSSR count). The Morgan fingerprint density at radius 1 is 1.16 bits per heavy atom. The molecule has 3 aromatic rings. The molecule has 0 spiro atoms. The number of imidazole rings is 1. The first-order chi connectivity index (χ1) is 14.9. The normalized spacial score (nSPS) is 22.3. The lowest BCUT2D eigenvalue weighted by atomic mass is 9.95. The fourth-order valence-corrected chi connectivity index (χ4v) is 7.18. The lowest BCUT2D eigenvalue weighted by molar-refractivity contribution is 0.391. The molecule has 1 aliphatic rings. The molecule has 0 radical (unpaired) electrons. The van der Waals surface area contributed by atoms with Crippen LogP contribution in [0.15, 0.2) is 46.3 Å². The summed E-state index contributed by atoms with van der Waals surface area (Å²) in [5, 5.41) is 0. The molecule has 172 valence electrons. The van der Waals surface area contributed by atoms with Gasteiger partial charge in [0.2, 0.25) is 15.8 Å². The maximum absolute atomic E-state index is 13.5. The number of halogens is 1. The number of fused-ring (bicyclic) bond motifs is 1. The largest absolute Gasteiger partial charge is 0.327 e. The van der Waals surface area contributed by atoms with Crippen LogP contribution in [-0.2, 0) is 31.3 Å². The number of sulfone groups is 1. The fourth-order valence-electron chi connectivity index (χ4n) is 4.17. The molecule has 0 N–H and O–H groups in total. The van der Waals surface area contributed by atoms with Gasteiger partial charge in [-0.3, -0.25) is 4.21 Å². The summed E-state index contributed by atoms with van der Waals surface area (Å²) in [6, 6.07) is 7.08. The van der Waals surface area contributed by atoms with Crippen LogP contribution >= 0.6 is 0 Å². The van der Waals surface area contributed by atoms with Crippen LogP contribution in [-0.4, -0.2) is 44.5 Å². The van der Waals surface area contributed by atoms with Crippen molar-refractivity contribution in [2.75, 3.05) is 11.5 Å². The van der Waals surface area contributed by atoms with Crippen LogP contribution in [0.5, 0.6) is 0 Å². The quantitative estimate of drug-likeness (QED) is 0.421. The Morgan fingerprint density at radius 3 is 2.44 bits per heavy atom. The van der Waals surface area contributed by atoms with Gasteiger partial charge in [0.15, 0.2) is 0 Å². The van der Waals surface area contributed by atoms with Gasteiger partial charge in [0.1, 0.15) is 5.82 Å². The van der Waals surface area contributed by atoms with Crippen molar-refractivity contribution in [1.82, 2.24) is 14.5 Å². The number of aromatic nitrogens is 3. The van der Waals surface area contributed by atoms with Crippen molar-refractivity contribution >= 4 is 36.3 Å². The molecule has 32 heavy (non-hydrogen) atoms. The van der Waals surface area contributed by atoms with Gasteiger partial charge < -0.3 is 4.57 Å². The number of nitrogens with zero attached hydrogens (tertiary/aromatic N) is 3. The topological polar surface area (TPSA) is 81.9 Å². The van der Waals surface area contributed by atoms with E-state index in [4.69, 9.17) is 4.98 Å². The molecule has 1 aromatic carbocycles. The Morgan fingerprint density at radius 2 is 1.81 bits per heavy atom. The summed E-state index contributed by atoms with van der Waals surface area (Å²) in [5.74, 6) is 5.53. The molecule has 1 saturated heterocycles. The van der Waals surface area contributed by atoms with Gasteiger partial charge in [0.05, 0.1) is 20.8 Å². The summed E-state index contributed by atoms with van der Waals surface area (Å²) in [7, 11) is -5.85. The Kier molecular flexibility index (Phi) is 5.69. The zero-order valence-electron chi connectivity index (χ0n) is 18.5. The van der Waals surface area contributed by atoms with Gasteiger partial charge in [-0.1, -0.05) is 20.8 Å². The number of hydrogen-bond donors (Lipinski definition) is 0. The molecule has 0 saturated carbocycles. The molecular weight excluding hydrogens is 449 g/mol. The first-order valence-corrected chi connectivity index (χ1v) is 14.1. The Hall–Kier alpha value is -2.26. The predicted molar refractivity (Wildman–Crippen MR) is 126 cm³/mol. The van der Waals surface area contributed by atoms with Crippen LogP contribution in [0.25, 0.3) is 11.0 Å². The van der Waals surface area contributed by atoms with E-state index in [0.29, 0.717) is 22.9 Å². The number of benzene rings is 1. The van der Waals surface area contributed by atoms with E-state index in [1.54, 1.807) is 18.2 Å². The fraction of sp³-hybridized carbons (Fsp3) is 0.435. The monoisotopic (exact) mass is 477 g/mol. The Bertz CT molecular complexity index is 1370. The van der Waals surface area contributed by atoms with Crippen molar-refractivity contribution in [2.45, 2.75) is 55.4 Å². The minimum atomic E-state index is -3.90. The van der Waals surface area contributed by atoms with E-state index in [1.807, 2.05) is 0 Å². The van der Waals surface area contributed by atoms with E-state index in [9.17, 15) is 17.0 Å². The van der Waals surface area contributed by atoms with Crippen LogP contribution in [0.2, 0.25) is 0 Å². The highest BCUT2D eigenvalue weighted by molar-refractivity contribution is 8.00. The number of pyridine rings is 1. The average Bonchev–Trinajstić information content (AvgIpc) is 3.08. The van der Waals surface area contributed by atoms with E-state index < -0.39 is 25.3 Å². The first kappa shape index (κ1) is 22.9. The van der Waals surface area contributed by atoms with E-state index in [1.165, 1.54) is 6.07 Å². The molecule has 0 amide bonds. The second-order valence-electron chi connectivity index (χ2n) is 9.58. The van der Waals surface area contributed by atoms with Crippen molar-refractivity contribution < 1.29 is 17.0 Å². The molecule has 0 aliphatic carbocycles. The van der Waals surface area contributed by atoms with Crippen molar-refractivity contribution in [1.29, 1.82) is 0 Å². The van der Waals surface area contributed by atoms with E-state index in [0.717, 1.165) is 43.0 Å². The summed E-state index contributed by atoms with van der Waals surface area (Å²) >= 11 is 0. The summed E-state index contributed by atoms with van der Waals surface area (Å²) in [4.78, 5) is 8.17. The van der Waals surface area contributed by atoms with Crippen molar-refractivity contribution in [3.63, 3.8) is 0 Å². The van der Waals surface area contributed by atoms with Crippen LogP contribution < -0.4 is 0 Å². The van der Waals surface area contributed by atoms with Crippen molar-refractivity contribution in [3.8, 4) is 0 Å². The molecule has 9 heteroatoms. The van der Waals surface area contributed by atoms with Gasteiger partial charge in [0.25, 0.3) is 0 Å². The molecule has 0 atom stereocenters. The smallest absolute Gasteiger partial charge is 0.214 e. The van der Waals surface area contributed by atoms with Gasteiger partial charge in [-0.2, -0.15) is 4.39 Å². The van der Waals surface area contributed by atoms with E-state index >= 15 is 0 Å². The van der Waals surface area contributed by atoms with E-state index in [-0.39, 0.29) is 15.2 Å². The lowest BCUT2D eigenvalue weighted by Gasteiger charge is -2.27. The maximum atomic E-state index is 13.5. The van der Waals surface area contributed by atoms with Crippen LogP contribution in [0.3, 0.4) is 0 Å². The molecule has 1 aliphatic heterocycles. The summed E-state index contributed by atoms with van der Waals surface area (Å²) in [6.07, 6.45) is 2.85. The van der Waals surface area contributed by atoms with E-state index in [2.05, 4.69) is 36.2 Å². The van der Waals surface area contributed by atoms with Gasteiger partial charge >= 0.3 is 0 Å². The zero-order valence-corrected chi connectivity index (χ0v) is 20.2. The standard InChI is InChI=1S/C23H28FN3O3S2/c1-23(2,3)22-26-19-13-17(32(29,30)18-7-10-25-21(24)14-18)5-6-20(19)27(22)15-16-8-11-31(4,28)12-9-16/h5-7,10,13-14,16H,4,8-9,11-12,15H2,1-3H3. The summed E-state index contributed by atoms with van der Waals surface area (Å²) in [5.41, 5.74) is 1.19. The molecule has 6 nitrogen and oxygen atoms in total. The van der Waals surface area contributed by atoms with Gasteiger partial charge in [-0.05, 0) is 58.4 Å². The third-order valence-corrected chi connectivity index (χ3v) is 9.65. The predicted octanol–water partition coefficient (Wildman–Crippen LogP) is 3.83. The lowest BCUT2D eigenvalue weighted by Crippen LogP contribution is -2.28. The Labute approximate surface area is 188 Å². The number of rotatable bonds is 4. The third-order valence-electron chi connectivity index (χ3n) is 5.95. The summed E-state index contributed by atoms with van der Waals surface area (Å²) in [6.45, 7) is 6.96. The number of hydrogen-bond acceptors (Lipinski definition) is 5. The van der Waals surface area contributed by atoms with Gasteiger partial charge in [0, 0.05) is 35.7 Å². The van der Waals surface area contributed by atoms with Crippen LogP contribution in [0, 0.1) is 11.9 Å². The molecule has 1 fully saturated rings. The highest BCUT2D eigenvalue weighted by Crippen LogP contribution is 2.32. The van der Waals surface area contributed by atoms with Crippen LogP contribution in [0.1, 0.15) is 39.4 Å².